The average molecular weight is 284 g/mol. The second kappa shape index (κ2) is 4.95. The zero-order valence-electron chi connectivity index (χ0n) is 12.5. The number of carbonyl (C=O) groups excluding carboxylic acids is 1. The van der Waals surface area contributed by atoms with Crippen molar-refractivity contribution in [3.63, 3.8) is 0 Å². The minimum atomic E-state index is -1.51. The lowest BCUT2D eigenvalue weighted by atomic mass is 9.75. The molecule has 0 aromatic rings. The summed E-state index contributed by atoms with van der Waals surface area (Å²) in [6.45, 7) is 6.01. The Balaban J connectivity index is 1.57. The van der Waals surface area contributed by atoms with Crippen LogP contribution in [0.25, 0.3) is 0 Å². The fourth-order valence-corrected chi connectivity index (χ4v) is 3.62. The van der Waals surface area contributed by atoms with Gasteiger partial charge in [-0.3, -0.25) is 9.69 Å². The highest BCUT2D eigenvalue weighted by Gasteiger charge is 2.58. The van der Waals surface area contributed by atoms with Gasteiger partial charge in [0, 0.05) is 26.3 Å². The zero-order chi connectivity index (χ0) is 14.4. The predicted molar refractivity (Wildman–Crippen MR) is 74.2 cm³/mol. The van der Waals surface area contributed by atoms with Crippen molar-refractivity contribution in [1.82, 2.24) is 9.80 Å². The summed E-state index contributed by atoms with van der Waals surface area (Å²) in [6.07, 6.45) is 3.04. The highest BCUT2D eigenvalue weighted by atomic mass is 19.1. The lowest BCUT2D eigenvalue weighted by Crippen LogP contribution is -2.73. The summed E-state index contributed by atoms with van der Waals surface area (Å²) in [5.41, 5.74) is -1.44. The van der Waals surface area contributed by atoms with Gasteiger partial charge in [0.1, 0.15) is 0 Å². The molecule has 0 aromatic carbocycles. The molecule has 1 amide bonds. The minimum absolute atomic E-state index is 0.0704. The molecule has 0 bridgehead atoms. The standard InChI is InChI=1S/C15H25FN2O2/c1-3-20-9-12-4-7-17(2)14(8-12)10-18(11-14)13(19)15(16)5-6-15/h12H,3-11H2,1-2H3/t12-/m0/s1. The van der Waals surface area contributed by atoms with E-state index in [1.165, 1.54) is 0 Å². The molecule has 3 fully saturated rings. The third kappa shape index (κ3) is 2.35. The Morgan fingerprint density at radius 3 is 2.70 bits per heavy atom. The normalized spacial score (nSPS) is 31.1. The van der Waals surface area contributed by atoms with Crippen LogP contribution in [0.4, 0.5) is 4.39 Å². The highest BCUT2D eigenvalue weighted by molar-refractivity contribution is 5.88. The van der Waals surface area contributed by atoms with Crippen molar-refractivity contribution in [3.05, 3.63) is 0 Å². The molecule has 1 spiro atoms. The van der Waals surface area contributed by atoms with Gasteiger partial charge in [0.2, 0.25) is 0 Å². The van der Waals surface area contributed by atoms with Crippen LogP contribution in [0.5, 0.6) is 0 Å². The molecular weight excluding hydrogens is 259 g/mol. The van der Waals surface area contributed by atoms with E-state index in [1.807, 2.05) is 6.92 Å². The molecule has 3 rings (SSSR count). The van der Waals surface area contributed by atoms with Crippen LogP contribution in [-0.2, 0) is 9.53 Å². The van der Waals surface area contributed by atoms with Crippen molar-refractivity contribution in [1.29, 1.82) is 0 Å². The smallest absolute Gasteiger partial charge is 0.260 e. The van der Waals surface area contributed by atoms with Crippen LogP contribution in [0.1, 0.15) is 32.6 Å². The van der Waals surface area contributed by atoms with E-state index in [2.05, 4.69) is 11.9 Å². The fourth-order valence-electron chi connectivity index (χ4n) is 3.62. The summed E-state index contributed by atoms with van der Waals surface area (Å²) in [5, 5.41) is 0. The number of hydrogen-bond acceptors (Lipinski definition) is 3. The van der Waals surface area contributed by atoms with Gasteiger partial charge in [0.15, 0.2) is 5.67 Å². The van der Waals surface area contributed by atoms with Crippen LogP contribution in [0.2, 0.25) is 0 Å². The molecule has 1 aliphatic carbocycles. The molecule has 0 unspecified atom stereocenters. The van der Waals surface area contributed by atoms with Crippen molar-refractivity contribution in [2.45, 2.75) is 43.8 Å². The topological polar surface area (TPSA) is 32.8 Å². The molecule has 0 aromatic heterocycles. The molecule has 114 valence electrons. The summed E-state index contributed by atoms with van der Waals surface area (Å²) in [4.78, 5) is 16.1. The van der Waals surface area contributed by atoms with E-state index in [9.17, 15) is 9.18 Å². The molecule has 20 heavy (non-hydrogen) atoms. The van der Waals surface area contributed by atoms with Gasteiger partial charge in [-0.05, 0) is 52.1 Å². The summed E-state index contributed by atoms with van der Waals surface area (Å²) in [6, 6.07) is 0. The molecule has 2 aliphatic heterocycles. The van der Waals surface area contributed by atoms with Gasteiger partial charge in [0.25, 0.3) is 5.91 Å². The SMILES string of the molecule is CCOC[C@H]1CCN(C)C2(C1)CN(C(=O)C1(F)CC1)C2. The summed E-state index contributed by atoms with van der Waals surface area (Å²) in [7, 11) is 2.13. The third-order valence-corrected chi connectivity index (χ3v) is 5.24. The van der Waals surface area contributed by atoms with Gasteiger partial charge in [-0.2, -0.15) is 0 Å². The maximum Gasteiger partial charge on any atom is 0.260 e. The zero-order valence-corrected chi connectivity index (χ0v) is 12.5. The maximum absolute atomic E-state index is 13.8. The molecule has 1 saturated carbocycles. The Morgan fingerprint density at radius 1 is 1.40 bits per heavy atom. The molecule has 2 heterocycles. The predicted octanol–water partition coefficient (Wildman–Crippen LogP) is 1.45. The van der Waals surface area contributed by atoms with Crippen molar-refractivity contribution in [2.75, 3.05) is 39.9 Å². The van der Waals surface area contributed by atoms with Crippen LogP contribution in [-0.4, -0.2) is 66.8 Å². The summed E-state index contributed by atoms with van der Waals surface area (Å²) >= 11 is 0. The number of carbonyl (C=O) groups is 1. The first-order valence-corrected chi connectivity index (χ1v) is 7.76. The number of halogens is 1. The van der Waals surface area contributed by atoms with E-state index >= 15 is 0 Å². The van der Waals surface area contributed by atoms with Crippen molar-refractivity contribution >= 4 is 5.91 Å². The van der Waals surface area contributed by atoms with Crippen LogP contribution < -0.4 is 0 Å². The van der Waals surface area contributed by atoms with E-state index in [4.69, 9.17) is 4.74 Å². The molecule has 0 N–H and O–H groups in total. The number of likely N-dealkylation sites (N-methyl/N-ethyl adjacent to an activating group) is 1. The Kier molecular flexibility index (Phi) is 3.53. The molecule has 0 radical (unpaired) electrons. The van der Waals surface area contributed by atoms with Gasteiger partial charge in [0.05, 0.1) is 5.54 Å². The first-order valence-electron chi connectivity index (χ1n) is 7.76. The molecule has 2 saturated heterocycles. The highest BCUT2D eigenvalue weighted by Crippen LogP contribution is 2.45. The molecule has 4 nitrogen and oxygen atoms in total. The number of amides is 1. The molecule has 5 heteroatoms. The second-order valence-corrected chi connectivity index (χ2v) is 6.79. The van der Waals surface area contributed by atoms with Gasteiger partial charge in [-0.15, -0.1) is 0 Å². The van der Waals surface area contributed by atoms with E-state index in [0.29, 0.717) is 31.8 Å². The lowest BCUT2D eigenvalue weighted by molar-refractivity contribution is -0.157. The van der Waals surface area contributed by atoms with Crippen molar-refractivity contribution in [2.24, 2.45) is 5.92 Å². The minimum Gasteiger partial charge on any atom is -0.381 e. The van der Waals surface area contributed by atoms with Gasteiger partial charge in [-0.25, -0.2) is 4.39 Å². The first kappa shape index (κ1) is 14.3. The Morgan fingerprint density at radius 2 is 2.10 bits per heavy atom. The summed E-state index contributed by atoms with van der Waals surface area (Å²) < 4.78 is 19.4. The number of nitrogens with zero attached hydrogens (tertiary/aromatic N) is 2. The van der Waals surface area contributed by atoms with E-state index in [1.54, 1.807) is 4.90 Å². The number of hydrogen-bond donors (Lipinski definition) is 0. The number of piperidine rings is 1. The van der Waals surface area contributed by atoms with Crippen LogP contribution in [0.3, 0.4) is 0 Å². The van der Waals surface area contributed by atoms with Gasteiger partial charge >= 0.3 is 0 Å². The van der Waals surface area contributed by atoms with Crippen molar-refractivity contribution in [3.8, 4) is 0 Å². The molecule has 3 aliphatic rings. The fraction of sp³-hybridized carbons (Fsp3) is 0.933. The van der Waals surface area contributed by atoms with E-state index < -0.39 is 5.67 Å². The van der Waals surface area contributed by atoms with Crippen LogP contribution in [0, 0.1) is 5.92 Å². The van der Waals surface area contributed by atoms with Crippen LogP contribution >= 0.6 is 0 Å². The van der Waals surface area contributed by atoms with Crippen LogP contribution in [0.15, 0.2) is 0 Å². The number of rotatable bonds is 4. The van der Waals surface area contributed by atoms with E-state index in [0.717, 1.165) is 32.6 Å². The second-order valence-electron chi connectivity index (χ2n) is 6.79. The molecular formula is C15H25FN2O2. The van der Waals surface area contributed by atoms with Crippen molar-refractivity contribution < 1.29 is 13.9 Å². The van der Waals surface area contributed by atoms with Gasteiger partial charge in [-0.1, -0.05) is 0 Å². The number of alkyl halides is 1. The Hall–Kier alpha value is -0.680. The number of ether oxygens (including phenoxy) is 1. The Bertz CT molecular complexity index is 389. The lowest BCUT2D eigenvalue weighted by Gasteiger charge is -2.58. The average Bonchev–Trinajstić information content (AvgIpc) is 3.14. The quantitative estimate of drug-likeness (QED) is 0.783. The van der Waals surface area contributed by atoms with E-state index in [-0.39, 0.29) is 11.4 Å². The third-order valence-electron chi connectivity index (χ3n) is 5.24. The monoisotopic (exact) mass is 284 g/mol. The molecule has 1 atom stereocenters. The first-order chi connectivity index (χ1) is 9.49. The maximum atomic E-state index is 13.8. The summed E-state index contributed by atoms with van der Waals surface area (Å²) in [5.74, 6) is 0.298. The number of likely N-dealkylation sites (tertiary alicyclic amines) is 2. The van der Waals surface area contributed by atoms with Gasteiger partial charge < -0.3 is 9.64 Å². The Labute approximate surface area is 120 Å². The largest absolute Gasteiger partial charge is 0.381 e.